The largest absolute Gasteiger partial charge is 0.339 e. The van der Waals surface area contributed by atoms with Crippen LogP contribution in [0.15, 0.2) is 43.5 Å². The van der Waals surface area contributed by atoms with E-state index in [1.807, 2.05) is 17.8 Å². The van der Waals surface area contributed by atoms with Crippen LogP contribution in [-0.2, 0) is 11.5 Å². The number of rotatable bonds is 5. The van der Waals surface area contributed by atoms with Gasteiger partial charge in [-0.2, -0.15) is 16.9 Å². The summed E-state index contributed by atoms with van der Waals surface area (Å²) < 4.78 is 0. The van der Waals surface area contributed by atoms with Crippen LogP contribution in [-0.4, -0.2) is 15.9 Å². The van der Waals surface area contributed by atoms with Crippen LogP contribution in [0.25, 0.3) is 0 Å². The van der Waals surface area contributed by atoms with Crippen LogP contribution in [0.1, 0.15) is 68.3 Å². The number of benzene rings is 1. The number of nitrogens with one attached hydrogen (secondary N) is 3. The topological polar surface area (TPSA) is 64.6 Å². The molecule has 1 saturated carbocycles. The molecule has 4 rings (SSSR count). The summed E-state index contributed by atoms with van der Waals surface area (Å²) in [5.74, 6) is 3.93. The van der Waals surface area contributed by atoms with Gasteiger partial charge in [-0.25, -0.2) is 0 Å². The van der Waals surface area contributed by atoms with Gasteiger partial charge in [0.25, 0.3) is 0 Å². The maximum atomic E-state index is 7.97. The number of aromatic nitrogens is 2. The minimum Gasteiger partial charge on any atom is -0.339 e. The fourth-order valence-corrected chi connectivity index (χ4v) is 5.21. The molecule has 0 amide bonds. The molecular formula is C26H36N4S. The van der Waals surface area contributed by atoms with Crippen molar-refractivity contribution in [1.29, 1.82) is 5.41 Å². The van der Waals surface area contributed by atoms with Crippen LogP contribution in [0.5, 0.6) is 0 Å². The van der Waals surface area contributed by atoms with E-state index in [4.69, 9.17) is 5.41 Å². The van der Waals surface area contributed by atoms with Gasteiger partial charge in [0.1, 0.15) is 0 Å². The molecule has 2 aliphatic rings. The van der Waals surface area contributed by atoms with Gasteiger partial charge in [0.15, 0.2) is 5.82 Å². The summed E-state index contributed by atoms with van der Waals surface area (Å²) in [6.45, 7) is 15.9. The number of aromatic amines is 1. The second kappa shape index (κ2) is 9.90. The van der Waals surface area contributed by atoms with Gasteiger partial charge in [0.2, 0.25) is 0 Å². The molecule has 4 nitrogen and oxygen atoms in total. The minimum atomic E-state index is 0.306. The fourth-order valence-electron chi connectivity index (χ4n) is 4.01. The van der Waals surface area contributed by atoms with Gasteiger partial charge in [-0.1, -0.05) is 39.5 Å². The Morgan fingerprint density at radius 2 is 2.00 bits per heavy atom. The Morgan fingerprint density at radius 3 is 2.68 bits per heavy atom. The third-order valence-corrected chi connectivity index (χ3v) is 7.21. The molecule has 2 atom stereocenters. The van der Waals surface area contributed by atoms with Crippen molar-refractivity contribution in [2.75, 3.05) is 5.32 Å². The van der Waals surface area contributed by atoms with E-state index in [0.29, 0.717) is 23.0 Å². The molecule has 31 heavy (non-hydrogen) atoms. The Morgan fingerprint density at radius 1 is 1.26 bits per heavy atom. The van der Waals surface area contributed by atoms with Crippen molar-refractivity contribution in [2.45, 2.75) is 64.4 Å². The Hall–Kier alpha value is -2.27. The summed E-state index contributed by atoms with van der Waals surface area (Å²) in [5.41, 5.74) is 7.59. The molecule has 1 aliphatic carbocycles. The standard InChI is InChI=1S/C20H24N4S.C6H12/c1-3-17(21)13-4-5-14(8-13)19-9-20(24-23-19)22-18-7-6-15-10-25-11-16(15)12(18)2;1-5-6(2,3)4/h3,6-7,9,13-14,21H,1,4-5,8,10-11H2,2H3,(H2,22,23,24);5H,1H2,2-4H3. The van der Waals surface area contributed by atoms with Crippen molar-refractivity contribution in [3.05, 3.63) is 65.9 Å². The van der Waals surface area contributed by atoms with Crippen LogP contribution in [0.4, 0.5) is 11.5 Å². The van der Waals surface area contributed by atoms with E-state index in [2.05, 4.69) is 74.6 Å². The highest BCUT2D eigenvalue weighted by Gasteiger charge is 2.29. The zero-order valence-electron chi connectivity index (χ0n) is 19.3. The maximum Gasteiger partial charge on any atom is 0.152 e. The van der Waals surface area contributed by atoms with E-state index in [9.17, 15) is 0 Å². The highest BCUT2D eigenvalue weighted by molar-refractivity contribution is 7.98. The molecule has 166 valence electrons. The van der Waals surface area contributed by atoms with Gasteiger partial charge in [-0.3, -0.25) is 5.10 Å². The number of hydrogen-bond acceptors (Lipinski definition) is 4. The first-order valence-corrected chi connectivity index (χ1v) is 12.2. The predicted octanol–water partition coefficient (Wildman–Crippen LogP) is 7.52. The van der Waals surface area contributed by atoms with Gasteiger partial charge < -0.3 is 10.7 Å². The lowest BCUT2D eigenvalue weighted by Gasteiger charge is -2.11. The summed E-state index contributed by atoms with van der Waals surface area (Å²) in [6, 6.07) is 6.54. The van der Waals surface area contributed by atoms with Gasteiger partial charge in [0.05, 0.1) is 0 Å². The molecule has 1 aromatic heterocycles. The quantitative estimate of drug-likeness (QED) is 0.335. The molecule has 0 spiro atoms. The zero-order valence-corrected chi connectivity index (χ0v) is 20.2. The second-order valence-corrected chi connectivity index (χ2v) is 10.6. The molecule has 2 heterocycles. The summed E-state index contributed by atoms with van der Waals surface area (Å²) in [7, 11) is 0. The van der Waals surface area contributed by atoms with Crippen molar-refractivity contribution < 1.29 is 0 Å². The number of fused-ring (bicyclic) bond motifs is 1. The van der Waals surface area contributed by atoms with Crippen molar-refractivity contribution in [1.82, 2.24) is 10.2 Å². The van der Waals surface area contributed by atoms with Crippen molar-refractivity contribution in [2.24, 2.45) is 11.3 Å². The number of allylic oxidation sites excluding steroid dienone is 2. The van der Waals surface area contributed by atoms with E-state index in [-0.39, 0.29) is 0 Å². The van der Waals surface area contributed by atoms with E-state index < -0.39 is 0 Å². The molecule has 0 bridgehead atoms. The smallest absolute Gasteiger partial charge is 0.152 e. The van der Waals surface area contributed by atoms with Crippen LogP contribution in [0.3, 0.4) is 0 Å². The van der Waals surface area contributed by atoms with E-state index in [1.165, 1.54) is 22.4 Å². The molecule has 0 radical (unpaired) electrons. The number of hydrogen-bond donors (Lipinski definition) is 3. The lowest BCUT2D eigenvalue weighted by Crippen LogP contribution is -2.06. The Labute approximate surface area is 191 Å². The van der Waals surface area contributed by atoms with Crippen molar-refractivity contribution in [3.63, 3.8) is 0 Å². The van der Waals surface area contributed by atoms with E-state index in [1.54, 1.807) is 6.08 Å². The fraction of sp³-hybridized carbons (Fsp3) is 0.462. The number of H-pyrrole nitrogens is 1. The molecule has 1 aliphatic heterocycles. The third-order valence-electron chi connectivity index (χ3n) is 6.20. The van der Waals surface area contributed by atoms with Crippen LogP contribution < -0.4 is 5.32 Å². The number of nitrogens with zero attached hydrogens (tertiary/aromatic N) is 1. The Bertz CT molecular complexity index is 951. The monoisotopic (exact) mass is 436 g/mol. The minimum absolute atomic E-state index is 0.306. The van der Waals surface area contributed by atoms with E-state index >= 15 is 0 Å². The lowest BCUT2D eigenvalue weighted by molar-refractivity contribution is 0.546. The second-order valence-electron chi connectivity index (χ2n) is 9.64. The molecule has 1 fully saturated rings. The van der Waals surface area contributed by atoms with Gasteiger partial charge >= 0.3 is 0 Å². The zero-order chi connectivity index (χ0) is 22.6. The highest BCUT2D eigenvalue weighted by atomic mass is 32.2. The lowest BCUT2D eigenvalue weighted by atomic mass is 9.98. The summed E-state index contributed by atoms with van der Waals surface area (Å²) >= 11 is 1.98. The van der Waals surface area contributed by atoms with Gasteiger partial charge in [-0.05, 0) is 60.4 Å². The van der Waals surface area contributed by atoms with E-state index in [0.717, 1.165) is 42.3 Å². The Balaban J connectivity index is 0.000000401. The molecule has 5 heteroatoms. The first-order valence-electron chi connectivity index (χ1n) is 11.1. The van der Waals surface area contributed by atoms with Crippen LogP contribution in [0.2, 0.25) is 0 Å². The van der Waals surface area contributed by atoms with Gasteiger partial charge in [-0.15, -0.1) is 6.58 Å². The van der Waals surface area contributed by atoms with Crippen molar-refractivity contribution in [3.8, 4) is 0 Å². The molecule has 2 aromatic rings. The molecular weight excluding hydrogens is 400 g/mol. The molecule has 3 N–H and O–H groups in total. The predicted molar refractivity (Wildman–Crippen MR) is 136 cm³/mol. The van der Waals surface area contributed by atoms with Crippen LogP contribution >= 0.6 is 11.8 Å². The average Bonchev–Trinajstić information content (AvgIpc) is 3.49. The SMILES string of the molecule is C=CC(=N)C1CCC(c2cc(Nc3ccc4c(c3C)CSC4)n[nH]2)C1.C=CC(C)(C)C. The first-order chi connectivity index (χ1) is 14.7. The van der Waals surface area contributed by atoms with Crippen molar-refractivity contribution >= 4 is 29.0 Å². The number of thioether (sulfide) groups is 1. The normalized spacial score (nSPS) is 19.9. The summed E-state index contributed by atoms with van der Waals surface area (Å²) in [5, 5.41) is 19.1. The Kier molecular flexibility index (Phi) is 7.47. The maximum absolute atomic E-state index is 7.97. The average molecular weight is 437 g/mol. The molecule has 2 unspecified atom stereocenters. The third kappa shape index (κ3) is 5.91. The highest BCUT2D eigenvalue weighted by Crippen LogP contribution is 2.39. The summed E-state index contributed by atoms with van der Waals surface area (Å²) in [4.78, 5) is 0. The molecule has 1 aromatic carbocycles. The first kappa shape index (κ1) is 23.4. The number of anilines is 2. The molecule has 0 saturated heterocycles. The summed E-state index contributed by atoms with van der Waals surface area (Å²) in [6.07, 6.45) is 6.81. The van der Waals surface area contributed by atoms with Crippen LogP contribution in [0, 0.1) is 23.7 Å². The van der Waals surface area contributed by atoms with Gasteiger partial charge in [0, 0.05) is 46.5 Å².